The van der Waals surface area contributed by atoms with Crippen LogP contribution in [0.5, 0.6) is 0 Å². The van der Waals surface area contributed by atoms with Crippen LogP contribution in [0.15, 0.2) is 24.3 Å². The van der Waals surface area contributed by atoms with Gasteiger partial charge in [0, 0.05) is 19.0 Å². The van der Waals surface area contributed by atoms with Gasteiger partial charge in [0.2, 0.25) is 15.9 Å². The largest absolute Gasteiger partial charge is 0.349 e. The maximum absolute atomic E-state index is 12.8. The first-order valence-electron chi connectivity index (χ1n) is 9.98. The van der Waals surface area contributed by atoms with Crippen LogP contribution in [0.25, 0.3) is 0 Å². The Morgan fingerprint density at radius 1 is 1.11 bits per heavy atom. The van der Waals surface area contributed by atoms with E-state index in [0.29, 0.717) is 31.8 Å². The molecule has 2 rings (SSSR count). The van der Waals surface area contributed by atoms with Crippen molar-refractivity contribution < 1.29 is 13.2 Å². The first-order valence-corrected chi connectivity index (χ1v) is 11.8. The number of hydrogen-bond donors (Lipinski definition) is 1. The van der Waals surface area contributed by atoms with Crippen LogP contribution in [0.2, 0.25) is 0 Å². The fourth-order valence-corrected chi connectivity index (χ4v) is 4.50. The summed E-state index contributed by atoms with van der Waals surface area (Å²) in [7, 11) is -3.17. The van der Waals surface area contributed by atoms with Crippen LogP contribution in [0.1, 0.15) is 70.0 Å². The van der Waals surface area contributed by atoms with Gasteiger partial charge in [0.15, 0.2) is 0 Å². The number of carbonyl (C=O) groups excluding carboxylic acids is 1. The average Bonchev–Trinajstić information content (AvgIpc) is 2.64. The third kappa shape index (κ3) is 5.79. The highest BCUT2D eigenvalue weighted by atomic mass is 32.2. The highest BCUT2D eigenvalue weighted by molar-refractivity contribution is 7.88. The first-order chi connectivity index (χ1) is 12.6. The molecule has 6 heteroatoms. The smallest absolute Gasteiger partial charge is 0.223 e. The van der Waals surface area contributed by atoms with E-state index in [2.05, 4.69) is 57.3 Å². The number of sulfonamides is 1. The van der Waals surface area contributed by atoms with Crippen LogP contribution in [0.4, 0.5) is 0 Å². The number of hydrogen-bond acceptors (Lipinski definition) is 3. The van der Waals surface area contributed by atoms with E-state index < -0.39 is 10.0 Å². The van der Waals surface area contributed by atoms with Crippen molar-refractivity contribution in [3.63, 3.8) is 0 Å². The van der Waals surface area contributed by atoms with E-state index in [0.717, 1.165) is 12.0 Å². The summed E-state index contributed by atoms with van der Waals surface area (Å²) in [4.78, 5) is 12.8. The quantitative estimate of drug-likeness (QED) is 0.767. The topological polar surface area (TPSA) is 66.5 Å². The zero-order valence-corrected chi connectivity index (χ0v) is 18.1. The predicted octanol–water partition coefficient (Wildman–Crippen LogP) is 3.69. The number of benzene rings is 1. The van der Waals surface area contributed by atoms with Gasteiger partial charge >= 0.3 is 0 Å². The number of carbonyl (C=O) groups is 1. The molecule has 5 nitrogen and oxygen atoms in total. The molecule has 0 bridgehead atoms. The van der Waals surface area contributed by atoms with E-state index >= 15 is 0 Å². The minimum atomic E-state index is -3.17. The van der Waals surface area contributed by atoms with Gasteiger partial charge in [-0.2, -0.15) is 0 Å². The summed E-state index contributed by atoms with van der Waals surface area (Å²) >= 11 is 0. The van der Waals surface area contributed by atoms with E-state index in [9.17, 15) is 13.2 Å². The van der Waals surface area contributed by atoms with Crippen LogP contribution in [-0.4, -0.2) is 38.0 Å². The van der Waals surface area contributed by atoms with Crippen molar-refractivity contribution in [1.29, 1.82) is 0 Å². The molecule has 2 atom stereocenters. The minimum Gasteiger partial charge on any atom is -0.349 e. The van der Waals surface area contributed by atoms with Crippen LogP contribution in [0, 0.1) is 11.8 Å². The lowest BCUT2D eigenvalue weighted by atomic mass is 9.91. The van der Waals surface area contributed by atoms with E-state index in [1.807, 2.05) is 0 Å². The maximum Gasteiger partial charge on any atom is 0.223 e. The van der Waals surface area contributed by atoms with Crippen molar-refractivity contribution in [2.75, 3.05) is 19.3 Å². The molecule has 1 aliphatic rings. The lowest BCUT2D eigenvalue weighted by Gasteiger charge is -2.31. The third-order valence-corrected chi connectivity index (χ3v) is 7.04. The third-order valence-electron chi connectivity index (χ3n) is 5.74. The molecular weight excluding hydrogens is 360 g/mol. The first kappa shape index (κ1) is 21.9. The molecule has 1 aromatic carbocycles. The maximum atomic E-state index is 12.8. The summed E-state index contributed by atoms with van der Waals surface area (Å²) in [5.74, 6) is 0.724. The van der Waals surface area contributed by atoms with Gasteiger partial charge in [-0.25, -0.2) is 12.7 Å². The van der Waals surface area contributed by atoms with Gasteiger partial charge in [0.25, 0.3) is 0 Å². The molecule has 1 amide bonds. The Hall–Kier alpha value is -1.40. The van der Waals surface area contributed by atoms with Gasteiger partial charge in [-0.15, -0.1) is 0 Å². The van der Waals surface area contributed by atoms with Gasteiger partial charge in [-0.1, -0.05) is 52.0 Å². The second kappa shape index (κ2) is 9.20. The molecule has 1 saturated heterocycles. The standard InChI is InChI=1S/C21H34N2O3S/c1-6-16(4)17-7-9-18(10-8-17)20(15(2)3)22-21(24)19-11-13-23(14-12-19)27(5,25)26/h7-10,15-16,19-20H,6,11-14H2,1-5H3,(H,22,24). The van der Waals surface area contributed by atoms with Crippen LogP contribution in [-0.2, 0) is 14.8 Å². The molecule has 0 aromatic heterocycles. The number of nitrogens with one attached hydrogen (secondary N) is 1. The summed E-state index contributed by atoms with van der Waals surface area (Å²) in [6.45, 7) is 9.48. The molecule has 0 saturated carbocycles. The van der Waals surface area contributed by atoms with Crippen molar-refractivity contribution in [2.45, 2.75) is 58.9 Å². The molecule has 0 radical (unpaired) electrons. The lowest BCUT2D eigenvalue weighted by Crippen LogP contribution is -2.44. The number of rotatable bonds is 7. The van der Waals surface area contributed by atoms with Crippen molar-refractivity contribution in [2.24, 2.45) is 11.8 Å². The predicted molar refractivity (Wildman–Crippen MR) is 110 cm³/mol. The van der Waals surface area contributed by atoms with Gasteiger partial charge < -0.3 is 5.32 Å². The molecule has 27 heavy (non-hydrogen) atoms. The highest BCUT2D eigenvalue weighted by Crippen LogP contribution is 2.27. The summed E-state index contributed by atoms with van der Waals surface area (Å²) in [5, 5.41) is 3.21. The average molecular weight is 395 g/mol. The Labute approximate surface area is 164 Å². The zero-order chi connectivity index (χ0) is 20.2. The monoisotopic (exact) mass is 394 g/mol. The van der Waals surface area contributed by atoms with E-state index in [4.69, 9.17) is 0 Å². The molecule has 0 aliphatic carbocycles. The summed E-state index contributed by atoms with van der Waals surface area (Å²) < 4.78 is 24.7. The Balaban J connectivity index is 2.03. The molecule has 0 spiro atoms. The molecule has 1 aliphatic heterocycles. The van der Waals surface area contributed by atoms with Crippen molar-refractivity contribution in [3.8, 4) is 0 Å². The Bertz CT molecular complexity index is 720. The van der Waals surface area contributed by atoms with Gasteiger partial charge in [0.1, 0.15) is 0 Å². The SMILES string of the molecule is CCC(C)c1ccc(C(NC(=O)C2CCN(S(C)(=O)=O)CC2)C(C)C)cc1. The zero-order valence-electron chi connectivity index (χ0n) is 17.2. The Morgan fingerprint density at radius 2 is 1.63 bits per heavy atom. The van der Waals surface area contributed by atoms with Crippen LogP contribution < -0.4 is 5.32 Å². The summed E-state index contributed by atoms with van der Waals surface area (Å²) in [6, 6.07) is 8.54. The molecule has 2 unspecified atom stereocenters. The molecule has 152 valence electrons. The van der Waals surface area contributed by atoms with Crippen molar-refractivity contribution in [3.05, 3.63) is 35.4 Å². The fourth-order valence-electron chi connectivity index (χ4n) is 3.62. The van der Waals surface area contributed by atoms with Gasteiger partial charge in [-0.05, 0) is 42.2 Å². The molecular formula is C21H34N2O3S. The van der Waals surface area contributed by atoms with Gasteiger partial charge in [-0.3, -0.25) is 4.79 Å². The van der Waals surface area contributed by atoms with E-state index in [1.54, 1.807) is 0 Å². The highest BCUT2D eigenvalue weighted by Gasteiger charge is 2.30. The molecule has 1 fully saturated rings. The number of nitrogens with zero attached hydrogens (tertiary/aromatic N) is 1. The second-order valence-corrected chi connectivity index (χ2v) is 10.1. The fraction of sp³-hybridized carbons (Fsp3) is 0.667. The molecule has 1 heterocycles. The normalized spacial score (nSPS) is 19.0. The lowest BCUT2D eigenvalue weighted by molar-refractivity contribution is -0.127. The summed E-state index contributed by atoms with van der Waals surface area (Å²) in [6.07, 6.45) is 3.49. The number of piperidine rings is 1. The van der Waals surface area contributed by atoms with Gasteiger partial charge in [0.05, 0.1) is 12.3 Å². The molecule has 1 aromatic rings. The van der Waals surface area contributed by atoms with Crippen LogP contribution in [0.3, 0.4) is 0 Å². The second-order valence-electron chi connectivity index (χ2n) is 8.14. The van der Waals surface area contributed by atoms with E-state index in [1.165, 1.54) is 16.1 Å². The summed E-state index contributed by atoms with van der Waals surface area (Å²) in [5.41, 5.74) is 2.45. The Kier molecular flexibility index (Phi) is 7.46. The minimum absolute atomic E-state index is 0.0311. The van der Waals surface area contributed by atoms with Crippen LogP contribution >= 0.6 is 0 Å². The van der Waals surface area contributed by atoms with Crippen molar-refractivity contribution >= 4 is 15.9 Å². The Morgan fingerprint density at radius 3 is 2.07 bits per heavy atom. The van der Waals surface area contributed by atoms with E-state index in [-0.39, 0.29) is 23.8 Å². The van der Waals surface area contributed by atoms with Crippen molar-refractivity contribution in [1.82, 2.24) is 9.62 Å². The number of amides is 1. The molecule has 1 N–H and O–H groups in total.